The zero-order chi connectivity index (χ0) is 19.6. The summed E-state index contributed by atoms with van der Waals surface area (Å²) >= 11 is 4.86. The monoisotopic (exact) mass is 466 g/mol. The Labute approximate surface area is 179 Å². The summed E-state index contributed by atoms with van der Waals surface area (Å²) < 4.78 is 12.5. The molecule has 0 radical (unpaired) electrons. The number of aromatic nitrogens is 3. The van der Waals surface area contributed by atoms with Crippen LogP contribution in [0.15, 0.2) is 81.0 Å². The summed E-state index contributed by atoms with van der Waals surface area (Å²) in [4.78, 5) is 4.64. The number of thioether (sulfide) groups is 1. The van der Waals surface area contributed by atoms with Crippen molar-refractivity contribution in [2.45, 2.75) is 17.1 Å². The largest absolute Gasteiger partial charge is 0.448 e. The molecule has 0 saturated carbocycles. The average Bonchev–Trinajstić information content (AvgIpc) is 3.12. The van der Waals surface area contributed by atoms with E-state index in [4.69, 9.17) is 9.15 Å². The van der Waals surface area contributed by atoms with Crippen LogP contribution in [-0.2, 0) is 5.75 Å². The van der Waals surface area contributed by atoms with Crippen LogP contribution in [0.5, 0.6) is 5.88 Å². The third kappa shape index (κ3) is 3.86. The van der Waals surface area contributed by atoms with Crippen molar-refractivity contribution in [1.82, 2.24) is 15.2 Å². The fraction of sp³-hybridized carbons (Fsp3) is 0.0952. The zero-order valence-corrected chi connectivity index (χ0v) is 17.5. The SMILES string of the molecule is Brc1ccc([C@@H]2Nc3ccccc3-c3nnc(SCc4ccccc4)nc3O2)o1. The van der Waals surface area contributed by atoms with E-state index in [-0.39, 0.29) is 0 Å². The van der Waals surface area contributed by atoms with Crippen molar-refractivity contribution in [3.8, 4) is 17.1 Å². The van der Waals surface area contributed by atoms with Crippen LogP contribution in [0.3, 0.4) is 0 Å². The molecule has 0 spiro atoms. The molecule has 1 atom stereocenters. The van der Waals surface area contributed by atoms with Gasteiger partial charge >= 0.3 is 0 Å². The predicted molar refractivity (Wildman–Crippen MR) is 115 cm³/mol. The van der Waals surface area contributed by atoms with Crippen molar-refractivity contribution >= 4 is 33.4 Å². The highest BCUT2D eigenvalue weighted by Crippen LogP contribution is 2.40. The number of nitrogens with zero attached hydrogens (tertiary/aromatic N) is 3. The smallest absolute Gasteiger partial charge is 0.247 e. The highest BCUT2D eigenvalue weighted by atomic mass is 79.9. The van der Waals surface area contributed by atoms with Gasteiger partial charge in [-0.25, -0.2) is 0 Å². The maximum Gasteiger partial charge on any atom is 0.247 e. The van der Waals surface area contributed by atoms with Gasteiger partial charge in [0.05, 0.1) is 0 Å². The fourth-order valence-electron chi connectivity index (χ4n) is 3.03. The molecule has 5 rings (SSSR count). The third-order valence-corrected chi connectivity index (χ3v) is 5.73. The van der Waals surface area contributed by atoms with Gasteiger partial charge in [-0.15, -0.1) is 10.2 Å². The van der Waals surface area contributed by atoms with Crippen LogP contribution >= 0.6 is 27.7 Å². The molecule has 2 aromatic carbocycles. The second-order valence-electron chi connectivity index (χ2n) is 6.35. The van der Waals surface area contributed by atoms with Gasteiger partial charge in [0.1, 0.15) is 0 Å². The highest BCUT2D eigenvalue weighted by molar-refractivity contribution is 9.10. The first-order valence-electron chi connectivity index (χ1n) is 8.95. The standard InChI is InChI=1S/C21H15BrN4O2S/c22-17-11-10-16(27-17)19-23-15-9-5-4-8-14(15)18-20(28-19)24-21(26-25-18)29-12-13-6-2-1-3-7-13/h1-11,19,23H,12H2/t19-/m1/s1. The molecular formula is C21H15BrN4O2S. The van der Waals surface area contributed by atoms with Gasteiger partial charge in [0.15, 0.2) is 16.1 Å². The summed E-state index contributed by atoms with van der Waals surface area (Å²) in [6, 6.07) is 21.7. The number of rotatable bonds is 4. The Morgan fingerprint density at radius 2 is 1.79 bits per heavy atom. The number of ether oxygens (including phenoxy) is 1. The summed E-state index contributed by atoms with van der Waals surface area (Å²) in [5.41, 5.74) is 3.56. The number of halogens is 1. The Morgan fingerprint density at radius 3 is 2.62 bits per heavy atom. The van der Waals surface area contributed by atoms with Gasteiger partial charge in [-0.3, -0.25) is 0 Å². The van der Waals surface area contributed by atoms with Gasteiger partial charge in [0.2, 0.25) is 17.3 Å². The van der Waals surface area contributed by atoms with E-state index in [9.17, 15) is 0 Å². The molecule has 0 fully saturated rings. The minimum absolute atomic E-state index is 0.422. The van der Waals surface area contributed by atoms with Crippen LogP contribution in [-0.4, -0.2) is 15.2 Å². The van der Waals surface area contributed by atoms with Crippen molar-refractivity contribution < 1.29 is 9.15 Å². The van der Waals surface area contributed by atoms with E-state index in [1.54, 1.807) is 0 Å². The second-order valence-corrected chi connectivity index (χ2v) is 8.08. The Kier molecular flexibility index (Phi) is 4.95. The molecule has 3 heterocycles. The maximum atomic E-state index is 6.18. The summed E-state index contributed by atoms with van der Waals surface area (Å²) in [7, 11) is 0. The van der Waals surface area contributed by atoms with Crippen molar-refractivity contribution in [1.29, 1.82) is 0 Å². The number of hydrogen-bond acceptors (Lipinski definition) is 7. The number of hydrogen-bond donors (Lipinski definition) is 1. The number of anilines is 1. The minimum Gasteiger partial charge on any atom is -0.448 e. The molecular weight excluding hydrogens is 452 g/mol. The molecule has 4 aromatic rings. The number of furan rings is 1. The molecule has 1 aliphatic heterocycles. The molecule has 8 heteroatoms. The molecule has 0 bridgehead atoms. The Balaban J connectivity index is 1.50. The van der Waals surface area contributed by atoms with E-state index in [0.29, 0.717) is 27.2 Å². The molecule has 1 aliphatic rings. The van der Waals surface area contributed by atoms with Crippen LogP contribution in [0.2, 0.25) is 0 Å². The predicted octanol–water partition coefficient (Wildman–Crippen LogP) is 5.69. The Bertz CT molecular complexity index is 1150. The quantitative estimate of drug-likeness (QED) is 0.387. The third-order valence-electron chi connectivity index (χ3n) is 4.40. The Morgan fingerprint density at radius 1 is 0.966 bits per heavy atom. The van der Waals surface area contributed by atoms with E-state index in [1.807, 2.05) is 54.6 Å². The molecule has 29 heavy (non-hydrogen) atoms. The topological polar surface area (TPSA) is 73.1 Å². The molecule has 2 aromatic heterocycles. The molecule has 144 valence electrons. The lowest BCUT2D eigenvalue weighted by atomic mass is 10.1. The van der Waals surface area contributed by atoms with Gasteiger partial charge in [-0.2, -0.15) is 4.98 Å². The summed E-state index contributed by atoms with van der Waals surface area (Å²) in [6.07, 6.45) is -0.535. The van der Waals surface area contributed by atoms with Crippen LogP contribution in [0, 0.1) is 0 Å². The van der Waals surface area contributed by atoms with Gasteiger partial charge < -0.3 is 14.5 Å². The average molecular weight is 467 g/mol. The lowest BCUT2D eigenvalue weighted by Crippen LogP contribution is -2.16. The first-order valence-corrected chi connectivity index (χ1v) is 10.7. The molecule has 1 N–H and O–H groups in total. The van der Waals surface area contributed by atoms with Crippen LogP contribution in [0.4, 0.5) is 5.69 Å². The molecule has 0 amide bonds. The maximum absolute atomic E-state index is 6.18. The van der Waals surface area contributed by atoms with E-state index in [1.165, 1.54) is 17.3 Å². The fourth-order valence-corrected chi connectivity index (χ4v) is 4.08. The van der Waals surface area contributed by atoms with E-state index in [0.717, 1.165) is 17.0 Å². The summed E-state index contributed by atoms with van der Waals surface area (Å²) in [5.74, 6) is 1.81. The Hall–Kier alpha value is -2.84. The summed E-state index contributed by atoms with van der Waals surface area (Å²) in [6.45, 7) is 0. The van der Waals surface area contributed by atoms with Crippen molar-refractivity contribution in [3.63, 3.8) is 0 Å². The second kappa shape index (κ2) is 7.88. The van der Waals surface area contributed by atoms with Crippen LogP contribution < -0.4 is 10.1 Å². The lowest BCUT2D eigenvalue weighted by Gasteiger charge is -2.16. The highest BCUT2D eigenvalue weighted by Gasteiger charge is 2.27. The molecule has 0 saturated heterocycles. The minimum atomic E-state index is -0.535. The number of para-hydroxylation sites is 1. The van der Waals surface area contributed by atoms with E-state index in [2.05, 4.69) is 48.6 Å². The van der Waals surface area contributed by atoms with Crippen LogP contribution in [0.25, 0.3) is 11.3 Å². The zero-order valence-electron chi connectivity index (χ0n) is 15.1. The number of nitrogens with one attached hydrogen (secondary N) is 1. The van der Waals surface area contributed by atoms with Gasteiger partial charge in [0.25, 0.3) is 0 Å². The van der Waals surface area contributed by atoms with Crippen LogP contribution in [0.1, 0.15) is 17.6 Å². The number of fused-ring (bicyclic) bond motifs is 3. The van der Waals surface area contributed by atoms with Gasteiger partial charge in [-0.05, 0) is 39.7 Å². The van der Waals surface area contributed by atoms with E-state index < -0.39 is 6.23 Å². The van der Waals surface area contributed by atoms with Crippen molar-refractivity contribution in [2.75, 3.05) is 5.32 Å². The molecule has 6 nitrogen and oxygen atoms in total. The van der Waals surface area contributed by atoms with Crippen molar-refractivity contribution in [3.05, 3.63) is 82.7 Å². The number of benzene rings is 2. The van der Waals surface area contributed by atoms with E-state index >= 15 is 0 Å². The molecule has 0 unspecified atom stereocenters. The van der Waals surface area contributed by atoms with Crippen molar-refractivity contribution in [2.24, 2.45) is 0 Å². The lowest BCUT2D eigenvalue weighted by molar-refractivity contribution is 0.194. The summed E-state index contributed by atoms with van der Waals surface area (Å²) in [5, 5.41) is 12.7. The molecule has 0 aliphatic carbocycles. The first kappa shape index (κ1) is 18.2. The van der Waals surface area contributed by atoms with Gasteiger partial charge in [0, 0.05) is 17.0 Å². The normalized spacial score (nSPS) is 14.9. The first-order chi connectivity index (χ1) is 14.3. The van der Waals surface area contributed by atoms with Gasteiger partial charge in [-0.1, -0.05) is 60.3 Å².